The molecule has 0 radical (unpaired) electrons. The Morgan fingerprint density at radius 3 is 3.00 bits per heavy atom. The SMILES string of the molecule is CCc1ccsc1NC(C)C(=O)O. The van der Waals surface area contributed by atoms with Gasteiger partial charge in [-0.05, 0) is 30.4 Å². The third-order valence-electron chi connectivity index (χ3n) is 1.85. The van der Waals surface area contributed by atoms with Crippen LogP contribution in [0.1, 0.15) is 19.4 Å². The molecule has 1 rings (SSSR count). The molecule has 1 atom stereocenters. The maximum absolute atomic E-state index is 10.6. The van der Waals surface area contributed by atoms with Crippen molar-refractivity contribution in [3.05, 3.63) is 17.0 Å². The lowest BCUT2D eigenvalue weighted by Gasteiger charge is -2.09. The fraction of sp³-hybridized carbons (Fsp3) is 0.444. The Balaban J connectivity index is 2.68. The van der Waals surface area contributed by atoms with Crippen LogP contribution >= 0.6 is 11.3 Å². The number of rotatable bonds is 4. The van der Waals surface area contributed by atoms with Crippen LogP contribution in [-0.4, -0.2) is 17.1 Å². The van der Waals surface area contributed by atoms with Gasteiger partial charge in [0.25, 0.3) is 0 Å². The summed E-state index contributed by atoms with van der Waals surface area (Å²) in [5.74, 6) is -0.824. The van der Waals surface area contributed by atoms with Crippen LogP contribution in [-0.2, 0) is 11.2 Å². The summed E-state index contributed by atoms with van der Waals surface area (Å²) in [6.07, 6.45) is 0.929. The number of hydrogen-bond donors (Lipinski definition) is 2. The number of hydrogen-bond acceptors (Lipinski definition) is 3. The first kappa shape index (κ1) is 10.1. The van der Waals surface area contributed by atoms with E-state index in [9.17, 15) is 4.79 Å². The molecule has 0 bridgehead atoms. The maximum Gasteiger partial charge on any atom is 0.325 e. The Morgan fingerprint density at radius 1 is 1.77 bits per heavy atom. The largest absolute Gasteiger partial charge is 0.480 e. The van der Waals surface area contributed by atoms with E-state index in [0.29, 0.717) is 0 Å². The van der Waals surface area contributed by atoms with Crippen molar-refractivity contribution in [1.82, 2.24) is 0 Å². The Bertz CT molecular complexity index is 296. The number of anilines is 1. The molecule has 2 N–H and O–H groups in total. The molecule has 0 saturated carbocycles. The van der Waals surface area contributed by atoms with Crippen molar-refractivity contribution in [2.45, 2.75) is 26.3 Å². The molecule has 0 saturated heterocycles. The highest BCUT2D eigenvalue weighted by molar-refractivity contribution is 7.14. The predicted octanol–water partition coefficient (Wildman–Crippen LogP) is 2.20. The van der Waals surface area contributed by atoms with Crippen molar-refractivity contribution in [2.75, 3.05) is 5.32 Å². The highest BCUT2D eigenvalue weighted by Gasteiger charge is 2.12. The fourth-order valence-electron chi connectivity index (χ4n) is 0.999. The quantitative estimate of drug-likeness (QED) is 0.781. The van der Waals surface area contributed by atoms with Crippen LogP contribution in [0.5, 0.6) is 0 Å². The highest BCUT2D eigenvalue weighted by Crippen LogP contribution is 2.24. The van der Waals surface area contributed by atoms with Crippen LogP contribution < -0.4 is 5.32 Å². The first-order chi connectivity index (χ1) is 6.15. The minimum atomic E-state index is -0.824. The number of thiophene rings is 1. The van der Waals surface area contributed by atoms with E-state index in [-0.39, 0.29) is 0 Å². The molecule has 72 valence electrons. The van der Waals surface area contributed by atoms with Crippen molar-refractivity contribution in [1.29, 1.82) is 0 Å². The van der Waals surface area contributed by atoms with Gasteiger partial charge in [-0.1, -0.05) is 6.92 Å². The van der Waals surface area contributed by atoms with E-state index in [2.05, 4.69) is 12.2 Å². The molecule has 0 amide bonds. The fourth-order valence-corrected chi connectivity index (χ4v) is 1.98. The van der Waals surface area contributed by atoms with Crippen molar-refractivity contribution in [3.63, 3.8) is 0 Å². The number of carbonyl (C=O) groups is 1. The van der Waals surface area contributed by atoms with Crippen LogP contribution in [0.4, 0.5) is 5.00 Å². The molecule has 0 aliphatic rings. The number of carboxylic acid groups (broad SMARTS) is 1. The summed E-state index contributed by atoms with van der Waals surface area (Å²) in [7, 11) is 0. The van der Waals surface area contributed by atoms with Gasteiger partial charge in [-0.3, -0.25) is 4.79 Å². The average molecular weight is 199 g/mol. The van der Waals surface area contributed by atoms with E-state index < -0.39 is 12.0 Å². The number of aryl methyl sites for hydroxylation is 1. The minimum Gasteiger partial charge on any atom is -0.480 e. The van der Waals surface area contributed by atoms with E-state index in [1.807, 2.05) is 11.4 Å². The van der Waals surface area contributed by atoms with E-state index in [1.165, 1.54) is 5.56 Å². The topological polar surface area (TPSA) is 49.3 Å². The molecule has 13 heavy (non-hydrogen) atoms. The molecule has 1 heterocycles. The average Bonchev–Trinajstić information content (AvgIpc) is 2.51. The lowest BCUT2D eigenvalue weighted by molar-refractivity contribution is -0.137. The van der Waals surface area contributed by atoms with Crippen LogP contribution in [0, 0.1) is 0 Å². The highest BCUT2D eigenvalue weighted by atomic mass is 32.1. The number of nitrogens with one attached hydrogen (secondary N) is 1. The van der Waals surface area contributed by atoms with Gasteiger partial charge in [0.2, 0.25) is 0 Å². The molecule has 0 spiro atoms. The second-order valence-electron chi connectivity index (χ2n) is 2.83. The van der Waals surface area contributed by atoms with E-state index in [4.69, 9.17) is 5.11 Å². The van der Waals surface area contributed by atoms with Gasteiger partial charge in [0.15, 0.2) is 0 Å². The summed E-state index contributed by atoms with van der Waals surface area (Å²) in [5.41, 5.74) is 1.18. The normalized spacial score (nSPS) is 12.5. The first-order valence-electron chi connectivity index (χ1n) is 4.20. The summed E-state index contributed by atoms with van der Waals surface area (Å²) in [6, 6.07) is 1.49. The van der Waals surface area contributed by atoms with Crippen LogP contribution in [0.25, 0.3) is 0 Å². The summed E-state index contributed by atoms with van der Waals surface area (Å²) in [6.45, 7) is 3.69. The van der Waals surface area contributed by atoms with Crippen molar-refractivity contribution in [3.8, 4) is 0 Å². The Hall–Kier alpha value is -1.03. The van der Waals surface area contributed by atoms with Crippen LogP contribution in [0.15, 0.2) is 11.4 Å². The molecule has 4 heteroatoms. The van der Waals surface area contributed by atoms with Gasteiger partial charge in [-0.15, -0.1) is 11.3 Å². The smallest absolute Gasteiger partial charge is 0.325 e. The zero-order chi connectivity index (χ0) is 9.84. The summed E-state index contributed by atoms with van der Waals surface area (Å²) >= 11 is 1.55. The second kappa shape index (κ2) is 4.28. The van der Waals surface area contributed by atoms with Gasteiger partial charge in [0.1, 0.15) is 6.04 Å². The molecule has 1 unspecified atom stereocenters. The van der Waals surface area contributed by atoms with E-state index >= 15 is 0 Å². The lowest BCUT2D eigenvalue weighted by atomic mass is 10.2. The summed E-state index contributed by atoms with van der Waals surface area (Å²) in [4.78, 5) is 10.6. The molecular formula is C9H13NO2S. The zero-order valence-electron chi connectivity index (χ0n) is 7.70. The van der Waals surface area contributed by atoms with Gasteiger partial charge in [-0.25, -0.2) is 0 Å². The Morgan fingerprint density at radius 2 is 2.46 bits per heavy atom. The zero-order valence-corrected chi connectivity index (χ0v) is 8.52. The van der Waals surface area contributed by atoms with Crippen LogP contribution in [0.3, 0.4) is 0 Å². The number of aliphatic carboxylic acids is 1. The third kappa shape index (κ3) is 2.45. The maximum atomic E-state index is 10.6. The van der Waals surface area contributed by atoms with Crippen LogP contribution in [0.2, 0.25) is 0 Å². The van der Waals surface area contributed by atoms with Gasteiger partial charge >= 0.3 is 5.97 Å². The Labute approximate surface area is 81.4 Å². The summed E-state index contributed by atoms with van der Waals surface area (Å²) < 4.78 is 0. The third-order valence-corrected chi connectivity index (χ3v) is 2.73. The van der Waals surface area contributed by atoms with Gasteiger partial charge in [-0.2, -0.15) is 0 Å². The summed E-state index contributed by atoms with van der Waals surface area (Å²) in [5, 5.41) is 14.6. The molecular weight excluding hydrogens is 186 g/mol. The van der Waals surface area contributed by atoms with Gasteiger partial charge in [0.05, 0.1) is 5.00 Å². The van der Waals surface area contributed by atoms with Crippen molar-refractivity contribution < 1.29 is 9.90 Å². The molecule has 0 fully saturated rings. The van der Waals surface area contributed by atoms with Gasteiger partial charge < -0.3 is 10.4 Å². The molecule has 1 aromatic heterocycles. The second-order valence-corrected chi connectivity index (χ2v) is 3.75. The van der Waals surface area contributed by atoms with E-state index in [1.54, 1.807) is 18.3 Å². The van der Waals surface area contributed by atoms with Crippen molar-refractivity contribution in [2.24, 2.45) is 0 Å². The van der Waals surface area contributed by atoms with E-state index in [0.717, 1.165) is 11.4 Å². The molecule has 1 aromatic rings. The minimum absolute atomic E-state index is 0.524. The monoisotopic (exact) mass is 199 g/mol. The van der Waals surface area contributed by atoms with Gasteiger partial charge in [0, 0.05) is 0 Å². The standard InChI is InChI=1S/C9H13NO2S/c1-3-7-4-5-13-8(7)10-6(2)9(11)12/h4-6,10H,3H2,1-2H3,(H,11,12). The predicted molar refractivity (Wildman–Crippen MR) is 54.4 cm³/mol. The number of carboxylic acids is 1. The molecule has 0 aromatic carbocycles. The Kier molecular flexibility index (Phi) is 3.31. The first-order valence-corrected chi connectivity index (χ1v) is 5.08. The molecule has 0 aliphatic carbocycles. The molecule has 0 aliphatic heterocycles. The lowest BCUT2D eigenvalue weighted by Crippen LogP contribution is -2.25. The molecule has 3 nitrogen and oxygen atoms in total. The van der Waals surface area contributed by atoms with Crippen molar-refractivity contribution >= 4 is 22.3 Å².